The lowest BCUT2D eigenvalue weighted by Gasteiger charge is -2.21. The number of aromatic amines is 1. The van der Waals surface area contributed by atoms with E-state index in [4.69, 9.17) is 38.5 Å². The Hall–Kier alpha value is -6.70. The number of nitrogens with one attached hydrogen (secondary N) is 3. The summed E-state index contributed by atoms with van der Waals surface area (Å²) < 4.78 is 33.7. The Kier molecular flexibility index (Phi) is 13.3. The number of carbonyl (C=O) groups is 3. The number of aromatic nitrogens is 8. The van der Waals surface area contributed by atoms with Crippen molar-refractivity contribution in [1.82, 2.24) is 44.3 Å². The maximum absolute atomic E-state index is 13.6. The summed E-state index contributed by atoms with van der Waals surface area (Å²) in [5.74, 6) is 2.24. The smallest absolute Gasteiger partial charge is 0.329 e. The summed E-state index contributed by atoms with van der Waals surface area (Å²) in [6.07, 6.45) is 4.19. The zero-order chi connectivity index (χ0) is 46.8. The van der Waals surface area contributed by atoms with E-state index < -0.39 is 11.9 Å². The second-order valence-electron chi connectivity index (χ2n) is 17.1. The van der Waals surface area contributed by atoms with Crippen molar-refractivity contribution in [3.8, 4) is 16.9 Å². The van der Waals surface area contributed by atoms with Gasteiger partial charge in [0, 0.05) is 61.6 Å². The van der Waals surface area contributed by atoms with E-state index in [-0.39, 0.29) is 42.7 Å². The molecule has 2 saturated carbocycles. The minimum absolute atomic E-state index is 0.0125. The molecule has 19 nitrogen and oxygen atoms in total. The number of imidazole rings is 1. The highest BCUT2D eigenvalue weighted by Gasteiger charge is 2.32. The van der Waals surface area contributed by atoms with Gasteiger partial charge in [-0.05, 0) is 76.6 Å². The topological polar surface area (TPSA) is 225 Å². The monoisotopic (exact) mass is 916 g/mol. The summed E-state index contributed by atoms with van der Waals surface area (Å²) in [5.41, 5.74) is 6.94. The van der Waals surface area contributed by atoms with Crippen molar-refractivity contribution in [3.05, 3.63) is 75.4 Å². The lowest BCUT2D eigenvalue weighted by Crippen LogP contribution is -2.34. The molecule has 3 N–H and O–H groups in total. The molecule has 1 amide bonds. The van der Waals surface area contributed by atoms with Crippen LogP contribution in [0, 0.1) is 13.8 Å². The van der Waals surface area contributed by atoms with E-state index in [1.54, 1.807) is 23.3 Å². The predicted octanol–water partition coefficient (Wildman–Crippen LogP) is 6.16. The Bertz CT molecular complexity index is 3030. The number of H-pyrrole nitrogens is 1. The van der Waals surface area contributed by atoms with E-state index >= 15 is 0 Å². The minimum atomic E-state index is -0.615. The van der Waals surface area contributed by atoms with E-state index in [0.29, 0.717) is 98.6 Å². The molecule has 19 heteroatoms. The van der Waals surface area contributed by atoms with Gasteiger partial charge in [-0.25, -0.2) is 19.4 Å². The molecule has 0 bridgehead atoms. The van der Waals surface area contributed by atoms with Crippen LogP contribution in [-0.4, -0.2) is 110 Å². The number of benzene rings is 2. The van der Waals surface area contributed by atoms with Gasteiger partial charge in [-0.1, -0.05) is 17.3 Å². The molecule has 0 aliphatic heterocycles. The van der Waals surface area contributed by atoms with Gasteiger partial charge in [0.2, 0.25) is 5.82 Å². The average molecular weight is 917 g/mol. The van der Waals surface area contributed by atoms with Crippen LogP contribution in [0.3, 0.4) is 0 Å². The highest BCUT2D eigenvalue weighted by atomic mass is 16.5. The molecule has 0 radical (unpaired) electrons. The predicted molar refractivity (Wildman–Crippen MR) is 249 cm³/mol. The third-order valence-corrected chi connectivity index (χ3v) is 12.6. The van der Waals surface area contributed by atoms with Gasteiger partial charge in [0.15, 0.2) is 5.78 Å². The number of carbonyl (C=O) groups excluding carboxylic acids is 3. The molecule has 1 atom stereocenters. The molecule has 9 rings (SSSR count). The highest BCUT2D eigenvalue weighted by molar-refractivity contribution is 6.14. The quantitative estimate of drug-likeness (QED) is 0.0543. The van der Waals surface area contributed by atoms with Gasteiger partial charge in [0.05, 0.1) is 86.0 Å². The summed E-state index contributed by atoms with van der Waals surface area (Å²) in [5, 5.41) is 16.9. The number of anilines is 2. The molecule has 7 aromatic rings. The minimum Gasteiger partial charge on any atom is -0.496 e. The first-order chi connectivity index (χ1) is 32.5. The molecule has 67 heavy (non-hydrogen) atoms. The fraction of sp³-hybridized carbons (Fsp3) is 0.458. The zero-order valence-corrected chi connectivity index (χ0v) is 38.5. The Morgan fingerprint density at radius 2 is 1.75 bits per heavy atom. The Balaban J connectivity index is 0.759. The number of hydrogen-bond acceptors (Lipinski definition) is 14. The third-order valence-electron chi connectivity index (χ3n) is 12.6. The van der Waals surface area contributed by atoms with Gasteiger partial charge >= 0.3 is 5.69 Å². The molecular weight excluding hydrogens is 861 g/mol. The van der Waals surface area contributed by atoms with E-state index in [1.807, 2.05) is 55.8 Å². The molecular formula is C48H56N10O9. The fourth-order valence-corrected chi connectivity index (χ4v) is 9.10. The van der Waals surface area contributed by atoms with E-state index in [1.165, 1.54) is 0 Å². The van der Waals surface area contributed by atoms with Crippen molar-refractivity contribution >= 4 is 62.1 Å². The van der Waals surface area contributed by atoms with Crippen molar-refractivity contribution in [3.63, 3.8) is 0 Å². The van der Waals surface area contributed by atoms with Gasteiger partial charge in [-0.2, -0.15) is 5.10 Å². The molecule has 2 aromatic carbocycles. The third kappa shape index (κ3) is 9.35. The number of para-hydroxylation sites is 1. The standard InChI is InChI=1S/C48H56N10O9/c1-6-57-40(26-34(54-57)29-12-13-29)51-45-42-32-25-39(63-5)33(41-27(2)55-67-28(41)3)24-35(32)50-44(42)52-46(53-45)47(61)49-16-18-65-20-22-66-21-19-64-17-8-10-30-9-7-11-37-43(30)56(4)48(62)58(37)36-15-14-31(59)23-38(36)60/h7,9,11,24-26,29,36H,6,8,10,12-23H2,1-5H3,(H,49,61)(H2,50,51,52,53). The van der Waals surface area contributed by atoms with Crippen LogP contribution in [0.4, 0.5) is 11.6 Å². The van der Waals surface area contributed by atoms with E-state index in [9.17, 15) is 19.2 Å². The van der Waals surface area contributed by atoms with Gasteiger partial charge in [-0.3, -0.25) is 23.5 Å². The van der Waals surface area contributed by atoms with Crippen LogP contribution >= 0.6 is 0 Å². The normalized spacial score (nSPS) is 15.4. The number of ether oxygens (including phenoxy) is 4. The van der Waals surface area contributed by atoms with Crippen molar-refractivity contribution in [1.29, 1.82) is 0 Å². The lowest BCUT2D eigenvalue weighted by atomic mass is 9.92. The Morgan fingerprint density at radius 3 is 2.46 bits per heavy atom. The number of methoxy groups -OCH3 is 1. The maximum atomic E-state index is 13.6. The van der Waals surface area contributed by atoms with Gasteiger partial charge < -0.3 is 39.1 Å². The second-order valence-corrected chi connectivity index (χ2v) is 17.1. The molecule has 2 fully saturated rings. The summed E-state index contributed by atoms with van der Waals surface area (Å²) >= 11 is 0. The molecule has 0 saturated heterocycles. The number of nitrogens with zero attached hydrogens (tertiary/aromatic N) is 7. The molecule has 2 aliphatic carbocycles. The fourth-order valence-electron chi connectivity index (χ4n) is 9.10. The SMILES string of the molecule is CCn1nc(C2CC2)cc1Nc1nc(C(=O)NCCOCCOCCOCCCc2cccc3c2n(C)c(=O)n3C2CCC(=O)CC2=O)nc2[nH]c3cc(-c4c(C)noc4C)c(OC)cc3c12. The van der Waals surface area contributed by atoms with Crippen molar-refractivity contribution in [2.45, 2.75) is 84.2 Å². The number of rotatable bonds is 21. The average Bonchev–Trinajstić information content (AvgIpc) is 3.76. The van der Waals surface area contributed by atoms with Gasteiger partial charge in [0.1, 0.15) is 34.6 Å². The first kappa shape index (κ1) is 45.5. The van der Waals surface area contributed by atoms with Crippen molar-refractivity contribution < 1.29 is 37.9 Å². The number of aryl methyl sites for hydroxylation is 5. The van der Waals surface area contributed by atoms with E-state index in [0.717, 1.165) is 69.6 Å². The molecule has 1 unspecified atom stereocenters. The highest BCUT2D eigenvalue weighted by Crippen LogP contribution is 2.43. The van der Waals surface area contributed by atoms with E-state index in [2.05, 4.69) is 26.8 Å². The number of fused-ring (bicyclic) bond motifs is 4. The molecule has 5 heterocycles. The number of Topliss-reactive ketones (excluding diaryl/α,β-unsaturated/α-hetero) is 2. The molecule has 2 aliphatic rings. The van der Waals surface area contributed by atoms with Crippen molar-refractivity contribution in [2.75, 3.05) is 58.6 Å². The van der Waals surface area contributed by atoms with Crippen molar-refractivity contribution in [2.24, 2.45) is 7.05 Å². The van der Waals surface area contributed by atoms with Crippen LogP contribution in [-0.2, 0) is 43.8 Å². The largest absolute Gasteiger partial charge is 0.496 e. The summed E-state index contributed by atoms with van der Waals surface area (Å²) in [7, 11) is 3.34. The van der Waals surface area contributed by atoms with Crippen LogP contribution in [0.15, 0.2) is 45.7 Å². The van der Waals surface area contributed by atoms with Crippen LogP contribution in [0.1, 0.15) is 90.7 Å². The molecule has 352 valence electrons. The summed E-state index contributed by atoms with van der Waals surface area (Å²) in [6, 6.07) is 11.1. The lowest BCUT2D eigenvalue weighted by molar-refractivity contribution is -0.132. The van der Waals surface area contributed by atoms with Crippen LogP contribution < -0.4 is 21.1 Å². The van der Waals surface area contributed by atoms with Gasteiger partial charge in [0.25, 0.3) is 5.91 Å². The van der Waals surface area contributed by atoms with Crippen LogP contribution in [0.25, 0.3) is 44.1 Å². The Labute approximate surface area is 385 Å². The second kappa shape index (κ2) is 19.6. The number of hydrogen-bond donors (Lipinski definition) is 3. The first-order valence-corrected chi connectivity index (χ1v) is 23.0. The maximum Gasteiger partial charge on any atom is 0.329 e. The first-order valence-electron chi connectivity index (χ1n) is 23.0. The van der Waals surface area contributed by atoms with Crippen LogP contribution in [0.5, 0.6) is 5.75 Å². The summed E-state index contributed by atoms with van der Waals surface area (Å²) in [6.45, 7) is 8.93. The number of ketones is 2. The van der Waals surface area contributed by atoms with Crippen LogP contribution in [0.2, 0.25) is 0 Å². The summed E-state index contributed by atoms with van der Waals surface area (Å²) in [4.78, 5) is 64.2. The molecule has 5 aromatic heterocycles. The molecule has 0 spiro atoms. The Morgan fingerprint density at radius 1 is 0.970 bits per heavy atom. The van der Waals surface area contributed by atoms with Gasteiger partial charge in [-0.15, -0.1) is 0 Å². The number of amides is 1. The zero-order valence-electron chi connectivity index (χ0n) is 38.5.